The van der Waals surface area contributed by atoms with Crippen molar-refractivity contribution in [1.82, 2.24) is 5.32 Å². The van der Waals surface area contributed by atoms with Crippen molar-refractivity contribution in [2.45, 2.75) is 43.5 Å². The standard InChI is InChI=1S/C21H25FN2O3S/c1-16-9-5-7-13-19(16)23-21(25)15-24(17-10-3-2-4-11-17)28(26,27)20-14-8-6-12-18(20)22/h2-4,6,8,10-12,14,16,19H,5,7,9,13,15H2,1H3,(H,23,25)/t16-,19+/m0/s1. The first-order valence-corrected chi connectivity index (χ1v) is 11.0. The van der Waals surface area contributed by atoms with Gasteiger partial charge in [0.1, 0.15) is 17.3 Å². The van der Waals surface area contributed by atoms with Gasteiger partial charge in [-0.05, 0) is 43.0 Å². The molecule has 1 aliphatic carbocycles. The normalized spacial score (nSPS) is 19.8. The predicted molar refractivity (Wildman–Crippen MR) is 107 cm³/mol. The van der Waals surface area contributed by atoms with Gasteiger partial charge in [0.15, 0.2) is 0 Å². The number of carbonyl (C=O) groups is 1. The smallest absolute Gasteiger partial charge is 0.267 e. The van der Waals surface area contributed by atoms with Crippen molar-refractivity contribution in [3.63, 3.8) is 0 Å². The molecular formula is C21H25FN2O3S. The van der Waals surface area contributed by atoms with E-state index in [-0.39, 0.29) is 11.9 Å². The second kappa shape index (κ2) is 8.73. The number of carbonyl (C=O) groups excluding carboxylic acids is 1. The van der Waals surface area contributed by atoms with Gasteiger partial charge in [-0.1, -0.05) is 50.1 Å². The van der Waals surface area contributed by atoms with Crippen molar-refractivity contribution < 1.29 is 17.6 Å². The Hall–Kier alpha value is -2.41. The lowest BCUT2D eigenvalue weighted by Gasteiger charge is -2.31. The number of hydrogen-bond acceptors (Lipinski definition) is 3. The molecule has 0 saturated heterocycles. The van der Waals surface area contributed by atoms with Crippen LogP contribution in [0, 0.1) is 11.7 Å². The number of anilines is 1. The molecule has 2 atom stereocenters. The van der Waals surface area contributed by atoms with Gasteiger partial charge in [-0.15, -0.1) is 0 Å². The van der Waals surface area contributed by atoms with Crippen LogP contribution in [0.5, 0.6) is 0 Å². The molecule has 1 aliphatic rings. The topological polar surface area (TPSA) is 66.5 Å². The Morgan fingerprint density at radius 3 is 2.39 bits per heavy atom. The van der Waals surface area contributed by atoms with Gasteiger partial charge in [-0.3, -0.25) is 9.10 Å². The molecule has 0 aromatic heterocycles. The molecule has 0 aliphatic heterocycles. The van der Waals surface area contributed by atoms with Gasteiger partial charge in [-0.2, -0.15) is 0 Å². The van der Waals surface area contributed by atoms with E-state index in [2.05, 4.69) is 12.2 Å². The summed E-state index contributed by atoms with van der Waals surface area (Å²) in [6, 6.07) is 13.5. The van der Waals surface area contributed by atoms with E-state index in [1.807, 2.05) is 0 Å². The summed E-state index contributed by atoms with van der Waals surface area (Å²) in [5, 5.41) is 2.97. The summed E-state index contributed by atoms with van der Waals surface area (Å²) in [4.78, 5) is 12.2. The van der Waals surface area contributed by atoms with Crippen LogP contribution in [-0.2, 0) is 14.8 Å². The van der Waals surface area contributed by atoms with Crippen LogP contribution in [-0.4, -0.2) is 26.9 Å². The number of nitrogens with one attached hydrogen (secondary N) is 1. The Bertz CT molecular complexity index is 918. The maximum absolute atomic E-state index is 14.2. The molecule has 0 spiro atoms. The molecule has 28 heavy (non-hydrogen) atoms. The van der Waals surface area contributed by atoms with E-state index in [0.717, 1.165) is 36.1 Å². The van der Waals surface area contributed by atoms with Crippen LogP contribution in [0.15, 0.2) is 59.5 Å². The molecule has 1 amide bonds. The van der Waals surface area contributed by atoms with Crippen molar-refractivity contribution in [2.75, 3.05) is 10.8 Å². The second-order valence-electron chi connectivity index (χ2n) is 7.21. The van der Waals surface area contributed by atoms with Gasteiger partial charge < -0.3 is 5.32 Å². The highest BCUT2D eigenvalue weighted by Gasteiger charge is 2.31. The molecule has 1 saturated carbocycles. The highest BCUT2D eigenvalue weighted by molar-refractivity contribution is 7.92. The Kier molecular flexibility index (Phi) is 6.34. The maximum atomic E-state index is 14.2. The maximum Gasteiger partial charge on any atom is 0.267 e. The van der Waals surface area contributed by atoms with Crippen molar-refractivity contribution in [3.05, 3.63) is 60.4 Å². The number of sulfonamides is 1. The van der Waals surface area contributed by atoms with E-state index in [0.29, 0.717) is 11.6 Å². The first-order chi connectivity index (χ1) is 13.4. The summed E-state index contributed by atoms with van der Waals surface area (Å²) in [6.45, 7) is 1.69. The molecule has 0 heterocycles. The average Bonchev–Trinajstić information content (AvgIpc) is 2.68. The van der Waals surface area contributed by atoms with Crippen LogP contribution in [0.2, 0.25) is 0 Å². The monoisotopic (exact) mass is 404 g/mol. The lowest BCUT2D eigenvalue weighted by Crippen LogP contribution is -2.47. The van der Waals surface area contributed by atoms with Crippen LogP contribution in [0.4, 0.5) is 10.1 Å². The highest BCUT2D eigenvalue weighted by atomic mass is 32.2. The van der Waals surface area contributed by atoms with Gasteiger partial charge in [-0.25, -0.2) is 12.8 Å². The lowest BCUT2D eigenvalue weighted by atomic mass is 9.86. The third kappa shape index (κ3) is 4.52. The molecule has 0 radical (unpaired) electrons. The first kappa shape index (κ1) is 20.3. The van der Waals surface area contributed by atoms with E-state index in [4.69, 9.17) is 0 Å². The second-order valence-corrected chi connectivity index (χ2v) is 9.04. The molecule has 5 nitrogen and oxygen atoms in total. The van der Waals surface area contributed by atoms with E-state index < -0.39 is 27.3 Å². The largest absolute Gasteiger partial charge is 0.352 e. The summed E-state index contributed by atoms with van der Waals surface area (Å²) < 4.78 is 41.5. The van der Waals surface area contributed by atoms with Gasteiger partial charge in [0.2, 0.25) is 5.91 Å². The van der Waals surface area contributed by atoms with Crippen LogP contribution < -0.4 is 9.62 Å². The Morgan fingerprint density at radius 2 is 1.71 bits per heavy atom. The fourth-order valence-corrected chi connectivity index (χ4v) is 5.08. The summed E-state index contributed by atoms with van der Waals surface area (Å²) in [5.41, 5.74) is 0.317. The summed E-state index contributed by atoms with van der Waals surface area (Å²) in [6.07, 6.45) is 4.12. The predicted octanol–water partition coefficient (Wildman–Crippen LogP) is 3.72. The Morgan fingerprint density at radius 1 is 1.07 bits per heavy atom. The summed E-state index contributed by atoms with van der Waals surface area (Å²) >= 11 is 0. The Labute approximate surface area is 165 Å². The molecule has 2 aromatic carbocycles. The first-order valence-electron chi connectivity index (χ1n) is 9.51. The van der Waals surface area contributed by atoms with Crippen LogP contribution in [0.1, 0.15) is 32.6 Å². The van der Waals surface area contributed by atoms with Gasteiger partial charge in [0, 0.05) is 6.04 Å². The number of benzene rings is 2. The molecule has 0 unspecified atom stereocenters. The van der Waals surface area contributed by atoms with Crippen molar-refractivity contribution in [2.24, 2.45) is 5.92 Å². The molecule has 2 aromatic rings. The summed E-state index contributed by atoms with van der Waals surface area (Å²) in [7, 11) is -4.24. The van der Waals surface area contributed by atoms with Crippen LogP contribution >= 0.6 is 0 Å². The molecule has 1 N–H and O–H groups in total. The van der Waals surface area contributed by atoms with Crippen molar-refractivity contribution in [1.29, 1.82) is 0 Å². The average molecular weight is 405 g/mol. The number of para-hydroxylation sites is 1. The quantitative estimate of drug-likeness (QED) is 0.798. The molecule has 0 bridgehead atoms. The molecular weight excluding hydrogens is 379 g/mol. The lowest BCUT2D eigenvalue weighted by molar-refractivity contribution is -0.120. The van der Waals surface area contributed by atoms with Crippen LogP contribution in [0.3, 0.4) is 0 Å². The third-order valence-corrected chi connectivity index (χ3v) is 7.00. The van der Waals surface area contributed by atoms with Gasteiger partial charge >= 0.3 is 0 Å². The Balaban J connectivity index is 1.88. The van der Waals surface area contributed by atoms with Gasteiger partial charge in [0.25, 0.3) is 10.0 Å². The van der Waals surface area contributed by atoms with E-state index in [1.165, 1.54) is 18.2 Å². The number of amides is 1. The zero-order chi connectivity index (χ0) is 20.1. The van der Waals surface area contributed by atoms with Crippen LogP contribution in [0.25, 0.3) is 0 Å². The van der Waals surface area contributed by atoms with Gasteiger partial charge in [0.05, 0.1) is 5.69 Å². The zero-order valence-electron chi connectivity index (χ0n) is 15.8. The minimum atomic E-state index is -4.24. The number of rotatable bonds is 6. The minimum absolute atomic E-state index is 0.0371. The zero-order valence-corrected chi connectivity index (χ0v) is 16.7. The highest BCUT2D eigenvalue weighted by Crippen LogP contribution is 2.26. The van der Waals surface area contributed by atoms with E-state index in [9.17, 15) is 17.6 Å². The van der Waals surface area contributed by atoms with Crippen molar-refractivity contribution >= 4 is 21.6 Å². The number of nitrogens with zero attached hydrogens (tertiary/aromatic N) is 1. The van der Waals surface area contributed by atoms with Crippen molar-refractivity contribution in [3.8, 4) is 0 Å². The molecule has 7 heteroatoms. The van der Waals surface area contributed by atoms with E-state index in [1.54, 1.807) is 30.3 Å². The van der Waals surface area contributed by atoms with E-state index >= 15 is 0 Å². The molecule has 150 valence electrons. The number of halogens is 1. The number of hydrogen-bond donors (Lipinski definition) is 1. The third-order valence-electron chi connectivity index (χ3n) is 5.19. The SMILES string of the molecule is C[C@H]1CCCC[C@H]1NC(=O)CN(c1ccccc1)S(=O)(=O)c1ccccc1F. The fourth-order valence-electron chi connectivity index (χ4n) is 3.60. The molecule has 3 rings (SSSR count). The minimum Gasteiger partial charge on any atom is -0.352 e. The summed E-state index contributed by atoms with van der Waals surface area (Å²) in [5.74, 6) is -0.877. The molecule has 1 fully saturated rings. The fraction of sp³-hybridized carbons (Fsp3) is 0.381.